The second-order valence-corrected chi connectivity index (χ2v) is 6.95. The zero-order valence-electron chi connectivity index (χ0n) is 16.1. The van der Waals surface area contributed by atoms with Crippen LogP contribution in [0.1, 0.15) is 16.7 Å². The molecule has 0 bridgehead atoms. The van der Waals surface area contributed by atoms with Crippen LogP contribution in [0.25, 0.3) is 22.1 Å². The standard InChI is InChI=1S/C24H20FNO4/c25-21-5-2-6-22(20(21)11-24(27)28)29-13-18-14-30-23-8-7-17(10-19(18)23)16-4-1-3-15(9-16)12-26/h1-10,14H,11-13,26H2,(H,27,28). The number of halogens is 1. The molecule has 0 saturated carbocycles. The van der Waals surface area contributed by atoms with Crippen molar-refractivity contribution in [2.45, 2.75) is 19.6 Å². The first kappa shape index (κ1) is 19.7. The molecule has 3 aromatic carbocycles. The van der Waals surface area contributed by atoms with Crippen LogP contribution in [-0.2, 0) is 24.4 Å². The predicted octanol–water partition coefficient (Wildman–Crippen LogP) is 4.90. The number of ether oxygens (including phenoxy) is 1. The van der Waals surface area contributed by atoms with Crippen molar-refractivity contribution in [3.8, 4) is 16.9 Å². The fourth-order valence-corrected chi connectivity index (χ4v) is 3.40. The molecule has 0 fully saturated rings. The van der Waals surface area contributed by atoms with Crippen molar-refractivity contribution in [3.05, 3.63) is 89.4 Å². The minimum atomic E-state index is -1.12. The number of aliphatic carboxylic acids is 1. The van der Waals surface area contributed by atoms with Gasteiger partial charge in [-0.1, -0.05) is 30.3 Å². The summed E-state index contributed by atoms with van der Waals surface area (Å²) in [4.78, 5) is 11.1. The van der Waals surface area contributed by atoms with E-state index >= 15 is 0 Å². The first-order valence-corrected chi connectivity index (χ1v) is 9.46. The largest absolute Gasteiger partial charge is 0.488 e. The Labute approximate surface area is 172 Å². The van der Waals surface area contributed by atoms with Crippen molar-refractivity contribution in [2.24, 2.45) is 5.73 Å². The molecule has 0 radical (unpaired) electrons. The van der Waals surface area contributed by atoms with Gasteiger partial charge in [-0.2, -0.15) is 0 Å². The highest BCUT2D eigenvalue weighted by Crippen LogP contribution is 2.30. The molecule has 0 aliphatic carbocycles. The first-order valence-electron chi connectivity index (χ1n) is 9.46. The zero-order chi connectivity index (χ0) is 21.1. The van der Waals surface area contributed by atoms with Gasteiger partial charge in [0.1, 0.15) is 23.8 Å². The quantitative estimate of drug-likeness (QED) is 0.457. The molecular weight excluding hydrogens is 385 g/mol. The average molecular weight is 405 g/mol. The van der Waals surface area contributed by atoms with Gasteiger partial charge in [-0.3, -0.25) is 4.79 Å². The molecule has 0 saturated heterocycles. The van der Waals surface area contributed by atoms with Gasteiger partial charge in [0.2, 0.25) is 0 Å². The van der Waals surface area contributed by atoms with E-state index in [1.54, 1.807) is 12.3 Å². The number of hydrogen-bond acceptors (Lipinski definition) is 4. The Morgan fingerprint density at radius 2 is 1.87 bits per heavy atom. The molecule has 0 amide bonds. The van der Waals surface area contributed by atoms with Crippen molar-refractivity contribution < 1.29 is 23.4 Å². The number of fused-ring (bicyclic) bond motifs is 1. The molecule has 152 valence electrons. The Kier molecular flexibility index (Phi) is 5.50. The Balaban J connectivity index is 1.63. The summed E-state index contributed by atoms with van der Waals surface area (Å²) in [6.45, 7) is 0.586. The summed E-state index contributed by atoms with van der Waals surface area (Å²) in [7, 11) is 0. The number of hydrogen-bond donors (Lipinski definition) is 2. The van der Waals surface area contributed by atoms with E-state index in [0.29, 0.717) is 12.1 Å². The number of furan rings is 1. The van der Waals surface area contributed by atoms with Gasteiger partial charge in [0, 0.05) is 23.1 Å². The maximum atomic E-state index is 14.1. The summed E-state index contributed by atoms with van der Waals surface area (Å²) >= 11 is 0. The molecule has 0 unspecified atom stereocenters. The molecule has 6 heteroatoms. The van der Waals surface area contributed by atoms with Crippen molar-refractivity contribution in [2.75, 3.05) is 0 Å². The Morgan fingerprint density at radius 3 is 2.67 bits per heavy atom. The lowest BCUT2D eigenvalue weighted by Gasteiger charge is -2.11. The average Bonchev–Trinajstić information content (AvgIpc) is 3.16. The van der Waals surface area contributed by atoms with Crippen molar-refractivity contribution >= 4 is 16.9 Å². The molecule has 30 heavy (non-hydrogen) atoms. The third kappa shape index (κ3) is 4.04. The van der Waals surface area contributed by atoms with Gasteiger partial charge in [0.05, 0.1) is 12.7 Å². The summed E-state index contributed by atoms with van der Waals surface area (Å²) in [6.07, 6.45) is 1.15. The van der Waals surface area contributed by atoms with E-state index in [1.807, 2.05) is 42.5 Å². The van der Waals surface area contributed by atoms with E-state index in [-0.39, 0.29) is 17.9 Å². The van der Waals surface area contributed by atoms with Crippen LogP contribution in [0, 0.1) is 5.82 Å². The van der Waals surface area contributed by atoms with E-state index in [9.17, 15) is 9.18 Å². The van der Waals surface area contributed by atoms with E-state index in [0.717, 1.165) is 27.6 Å². The van der Waals surface area contributed by atoms with Gasteiger partial charge in [-0.25, -0.2) is 4.39 Å². The van der Waals surface area contributed by atoms with Crippen molar-refractivity contribution in [1.82, 2.24) is 0 Å². The van der Waals surface area contributed by atoms with Crippen LogP contribution in [0.3, 0.4) is 0 Å². The van der Waals surface area contributed by atoms with Crippen LogP contribution >= 0.6 is 0 Å². The van der Waals surface area contributed by atoms with Gasteiger partial charge in [-0.15, -0.1) is 0 Å². The van der Waals surface area contributed by atoms with Gasteiger partial charge < -0.3 is 20.0 Å². The molecule has 0 spiro atoms. The summed E-state index contributed by atoms with van der Waals surface area (Å²) in [5.41, 5.74) is 10.4. The molecule has 0 aliphatic rings. The summed E-state index contributed by atoms with van der Waals surface area (Å²) in [5.74, 6) is -1.52. The first-order chi connectivity index (χ1) is 14.5. The Hall–Kier alpha value is -3.64. The lowest BCUT2D eigenvalue weighted by molar-refractivity contribution is -0.136. The number of rotatable bonds is 7. The highest BCUT2D eigenvalue weighted by molar-refractivity contribution is 5.86. The summed E-state index contributed by atoms with van der Waals surface area (Å²) in [6, 6.07) is 18.2. The van der Waals surface area contributed by atoms with Crippen LogP contribution in [0.5, 0.6) is 5.75 Å². The number of nitrogens with two attached hydrogens (primary N) is 1. The highest BCUT2D eigenvalue weighted by atomic mass is 19.1. The minimum Gasteiger partial charge on any atom is -0.488 e. The molecule has 1 heterocycles. The molecule has 3 N–H and O–H groups in total. The zero-order valence-corrected chi connectivity index (χ0v) is 16.1. The maximum absolute atomic E-state index is 14.1. The molecule has 1 aromatic heterocycles. The maximum Gasteiger partial charge on any atom is 0.308 e. The number of carboxylic acids is 1. The number of benzene rings is 3. The third-order valence-electron chi connectivity index (χ3n) is 4.94. The third-order valence-corrected chi connectivity index (χ3v) is 4.94. The highest BCUT2D eigenvalue weighted by Gasteiger charge is 2.15. The van der Waals surface area contributed by atoms with Gasteiger partial charge in [0.15, 0.2) is 0 Å². The fraction of sp³-hybridized carbons (Fsp3) is 0.125. The topological polar surface area (TPSA) is 85.7 Å². The molecule has 4 rings (SSSR count). The lowest BCUT2D eigenvalue weighted by atomic mass is 10.0. The van der Waals surface area contributed by atoms with E-state index in [2.05, 4.69) is 0 Å². The predicted molar refractivity (Wildman–Crippen MR) is 112 cm³/mol. The Bertz CT molecular complexity index is 1220. The van der Waals surface area contributed by atoms with Crippen molar-refractivity contribution in [3.63, 3.8) is 0 Å². The van der Waals surface area contributed by atoms with Gasteiger partial charge in [-0.05, 0) is 47.0 Å². The van der Waals surface area contributed by atoms with Crippen molar-refractivity contribution in [1.29, 1.82) is 0 Å². The minimum absolute atomic E-state index is 0.0251. The van der Waals surface area contributed by atoms with Crippen LogP contribution in [0.2, 0.25) is 0 Å². The molecule has 0 atom stereocenters. The SMILES string of the molecule is NCc1cccc(-c2ccc3occ(COc4cccc(F)c4CC(=O)O)c3c2)c1. The van der Waals surface area contributed by atoms with E-state index in [1.165, 1.54) is 12.1 Å². The van der Waals surface area contributed by atoms with Gasteiger partial charge >= 0.3 is 5.97 Å². The second-order valence-electron chi connectivity index (χ2n) is 6.95. The lowest BCUT2D eigenvalue weighted by Crippen LogP contribution is -2.06. The van der Waals surface area contributed by atoms with Crippen LogP contribution in [0.4, 0.5) is 4.39 Å². The van der Waals surface area contributed by atoms with Crippen LogP contribution < -0.4 is 10.5 Å². The summed E-state index contributed by atoms with van der Waals surface area (Å²) < 4.78 is 25.5. The smallest absolute Gasteiger partial charge is 0.308 e. The fourth-order valence-electron chi connectivity index (χ4n) is 3.40. The van der Waals surface area contributed by atoms with E-state index in [4.69, 9.17) is 20.0 Å². The second kappa shape index (κ2) is 8.39. The number of carboxylic acid groups (broad SMARTS) is 1. The number of carbonyl (C=O) groups is 1. The van der Waals surface area contributed by atoms with Gasteiger partial charge in [0.25, 0.3) is 0 Å². The normalized spacial score (nSPS) is 11.0. The molecule has 4 aromatic rings. The molecule has 0 aliphatic heterocycles. The van der Waals surface area contributed by atoms with Crippen LogP contribution in [0.15, 0.2) is 71.3 Å². The molecular formula is C24H20FNO4. The van der Waals surface area contributed by atoms with Crippen LogP contribution in [-0.4, -0.2) is 11.1 Å². The Morgan fingerprint density at radius 1 is 1.07 bits per heavy atom. The monoisotopic (exact) mass is 405 g/mol. The van der Waals surface area contributed by atoms with E-state index < -0.39 is 18.2 Å². The summed E-state index contributed by atoms with van der Waals surface area (Å²) in [5, 5.41) is 9.92. The molecule has 5 nitrogen and oxygen atoms in total.